The van der Waals surface area contributed by atoms with Gasteiger partial charge >= 0.3 is 0 Å². The minimum Gasteiger partial charge on any atom is -0.383 e. The maximum Gasteiger partial charge on any atom is 0.183 e. The number of Topliss-reactive ketones (excluding diaryl/α,β-unsaturated/α-hetero) is 1. The number of anilines is 1. The van der Waals surface area contributed by atoms with E-state index in [0.29, 0.717) is 5.56 Å². The van der Waals surface area contributed by atoms with E-state index in [0.717, 1.165) is 6.42 Å². The van der Waals surface area contributed by atoms with Gasteiger partial charge in [0.05, 0.1) is 11.6 Å². The molecule has 1 rings (SSSR count). The first-order valence-corrected chi connectivity index (χ1v) is 5.08. The van der Waals surface area contributed by atoms with Crippen LogP contribution in [-0.4, -0.2) is 16.8 Å². The van der Waals surface area contributed by atoms with Crippen molar-refractivity contribution in [3.05, 3.63) is 23.9 Å². The van der Waals surface area contributed by atoms with Crippen LogP contribution in [-0.2, 0) is 0 Å². The quantitative estimate of drug-likeness (QED) is 0.727. The first kappa shape index (κ1) is 11.7. The summed E-state index contributed by atoms with van der Waals surface area (Å²) in [5.41, 5.74) is 11.9. The molecular weight excluding hydrogens is 190 g/mol. The topological polar surface area (TPSA) is 82.0 Å². The third-order valence-electron chi connectivity index (χ3n) is 2.66. The lowest BCUT2D eigenvalue weighted by molar-refractivity contribution is 0.0935. The normalized spacial score (nSPS) is 14.6. The largest absolute Gasteiger partial charge is 0.383 e. The van der Waals surface area contributed by atoms with E-state index in [1.54, 1.807) is 18.3 Å². The third-order valence-corrected chi connectivity index (χ3v) is 2.66. The number of aromatic nitrogens is 1. The van der Waals surface area contributed by atoms with Gasteiger partial charge in [0.2, 0.25) is 0 Å². The van der Waals surface area contributed by atoms with E-state index >= 15 is 0 Å². The standard InChI is InChI=1S/C11H17N3O/c1-3-7(2)9(12)10(15)8-5-4-6-14-11(8)13/h4-7,9H,3,12H2,1-2H3,(H2,13,14). The van der Waals surface area contributed by atoms with Gasteiger partial charge in [0.1, 0.15) is 5.82 Å². The van der Waals surface area contributed by atoms with Gasteiger partial charge in [-0.2, -0.15) is 0 Å². The molecule has 82 valence electrons. The highest BCUT2D eigenvalue weighted by atomic mass is 16.1. The summed E-state index contributed by atoms with van der Waals surface area (Å²) in [6.07, 6.45) is 2.42. The van der Waals surface area contributed by atoms with Gasteiger partial charge in [-0.15, -0.1) is 0 Å². The Morgan fingerprint density at radius 2 is 2.27 bits per heavy atom. The zero-order chi connectivity index (χ0) is 11.4. The molecule has 0 bridgehead atoms. The minimum atomic E-state index is -0.499. The number of rotatable bonds is 4. The van der Waals surface area contributed by atoms with E-state index in [1.165, 1.54) is 0 Å². The zero-order valence-corrected chi connectivity index (χ0v) is 9.10. The van der Waals surface area contributed by atoms with Crippen molar-refractivity contribution < 1.29 is 4.79 Å². The second-order valence-corrected chi connectivity index (χ2v) is 3.71. The van der Waals surface area contributed by atoms with Crippen molar-refractivity contribution in [1.82, 2.24) is 4.98 Å². The number of nitrogens with zero attached hydrogens (tertiary/aromatic N) is 1. The number of carbonyl (C=O) groups excluding carboxylic acids is 1. The van der Waals surface area contributed by atoms with Gasteiger partial charge in [-0.05, 0) is 18.1 Å². The Kier molecular flexibility index (Phi) is 3.80. The first-order valence-electron chi connectivity index (χ1n) is 5.08. The fraction of sp³-hybridized carbons (Fsp3) is 0.455. The van der Waals surface area contributed by atoms with Gasteiger partial charge in [0.15, 0.2) is 5.78 Å². The molecule has 0 aromatic carbocycles. The first-order chi connectivity index (χ1) is 7.07. The summed E-state index contributed by atoms with van der Waals surface area (Å²) < 4.78 is 0. The third kappa shape index (κ3) is 2.53. The Balaban J connectivity index is 2.90. The summed E-state index contributed by atoms with van der Waals surface area (Å²) in [6.45, 7) is 3.96. The lowest BCUT2D eigenvalue weighted by Crippen LogP contribution is -2.37. The molecule has 0 radical (unpaired) electrons. The Morgan fingerprint density at radius 3 is 2.80 bits per heavy atom. The van der Waals surface area contributed by atoms with Crippen molar-refractivity contribution in [3.63, 3.8) is 0 Å². The fourth-order valence-corrected chi connectivity index (χ4v) is 1.32. The van der Waals surface area contributed by atoms with Crippen LogP contribution in [0.4, 0.5) is 5.82 Å². The SMILES string of the molecule is CCC(C)C(N)C(=O)c1cccnc1N. The number of hydrogen-bond acceptors (Lipinski definition) is 4. The smallest absolute Gasteiger partial charge is 0.183 e. The molecule has 4 N–H and O–H groups in total. The van der Waals surface area contributed by atoms with Gasteiger partial charge in [-0.1, -0.05) is 20.3 Å². The monoisotopic (exact) mass is 207 g/mol. The number of carbonyl (C=O) groups is 1. The molecule has 0 aliphatic rings. The van der Waals surface area contributed by atoms with E-state index in [1.807, 2.05) is 13.8 Å². The van der Waals surface area contributed by atoms with E-state index in [2.05, 4.69) is 4.98 Å². The summed E-state index contributed by atoms with van der Waals surface area (Å²) in [5, 5.41) is 0. The highest BCUT2D eigenvalue weighted by molar-refractivity contribution is 6.03. The summed E-state index contributed by atoms with van der Waals surface area (Å²) >= 11 is 0. The molecule has 15 heavy (non-hydrogen) atoms. The van der Waals surface area contributed by atoms with Crippen LogP contribution in [0.5, 0.6) is 0 Å². The molecule has 2 unspecified atom stereocenters. The number of nitrogens with two attached hydrogens (primary N) is 2. The molecule has 1 heterocycles. The van der Waals surface area contributed by atoms with Gasteiger partial charge in [0, 0.05) is 6.20 Å². The number of hydrogen-bond donors (Lipinski definition) is 2. The molecule has 0 aliphatic heterocycles. The van der Waals surface area contributed by atoms with Crippen LogP contribution in [0.15, 0.2) is 18.3 Å². The molecular formula is C11H17N3O. The molecule has 0 saturated heterocycles. The Morgan fingerprint density at radius 1 is 1.60 bits per heavy atom. The number of nitrogen functional groups attached to an aromatic ring is 1. The Bertz CT molecular complexity index is 351. The van der Waals surface area contributed by atoms with E-state index < -0.39 is 6.04 Å². The lowest BCUT2D eigenvalue weighted by atomic mass is 9.93. The average Bonchev–Trinajstić information content (AvgIpc) is 2.26. The van der Waals surface area contributed by atoms with Crippen LogP contribution in [0.1, 0.15) is 30.6 Å². The van der Waals surface area contributed by atoms with Gasteiger partial charge < -0.3 is 11.5 Å². The van der Waals surface area contributed by atoms with Crippen LogP contribution < -0.4 is 11.5 Å². The molecule has 4 heteroatoms. The van der Waals surface area contributed by atoms with Crippen molar-refractivity contribution in [3.8, 4) is 0 Å². The molecule has 0 fully saturated rings. The highest BCUT2D eigenvalue weighted by Crippen LogP contribution is 2.14. The second-order valence-electron chi connectivity index (χ2n) is 3.71. The van der Waals surface area contributed by atoms with Crippen molar-refractivity contribution in [2.24, 2.45) is 11.7 Å². The average molecular weight is 207 g/mol. The highest BCUT2D eigenvalue weighted by Gasteiger charge is 2.22. The molecule has 0 saturated carbocycles. The molecule has 4 nitrogen and oxygen atoms in total. The predicted octanol–water partition coefficient (Wildman–Crippen LogP) is 1.22. The molecule has 1 aromatic heterocycles. The van der Waals surface area contributed by atoms with Crippen molar-refractivity contribution in [2.45, 2.75) is 26.3 Å². The van der Waals surface area contributed by atoms with Crippen molar-refractivity contribution in [1.29, 1.82) is 0 Å². The van der Waals surface area contributed by atoms with E-state index in [-0.39, 0.29) is 17.5 Å². The number of ketones is 1. The van der Waals surface area contributed by atoms with E-state index in [4.69, 9.17) is 11.5 Å². The van der Waals surface area contributed by atoms with Gasteiger partial charge in [-0.3, -0.25) is 4.79 Å². The Hall–Kier alpha value is -1.42. The summed E-state index contributed by atoms with van der Waals surface area (Å²) in [4.78, 5) is 15.8. The summed E-state index contributed by atoms with van der Waals surface area (Å²) in [6, 6.07) is 2.85. The predicted molar refractivity (Wildman–Crippen MR) is 60.4 cm³/mol. The van der Waals surface area contributed by atoms with Crippen LogP contribution in [0.25, 0.3) is 0 Å². The fourth-order valence-electron chi connectivity index (χ4n) is 1.32. The van der Waals surface area contributed by atoms with Crippen LogP contribution in [0, 0.1) is 5.92 Å². The van der Waals surface area contributed by atoms with Crippen molar-refractivity contribution >= 4 is 11.6 Å². The number of pyridine rings is 1. The molecule has 2 atom stereocenters. The molecule has 0 aliphatic carbocycles. The second kappa shape index (κ2) is 4.89. The Labute approximate surface area is 89.7 Å². The molecule has 1 aromatic rings. The maximum atomic E-state index is 11.9. The van der Waals surface area contributed by atoms with E-state index in [9.17, 15) is 4.79 Å². The maximum absolute atomic E-state index is 11.9. The van der Waals surface area contributed by atoms with Crippen LogP contribution in [0.2, 0.25) is 0 Å². The van der Waals surface area contributed by atoms with Crippen molar-refractivity contribution in [2.75, 3.05) is 5.73 Å². The zero-order valence-electron chi connectivity index (χ0n) is 9.10. The molecule has 0 amide bonds. The van der Waals surface area contributed by atoms with Crippen LogP contribution in [0.3, 0.4) is 0 Å². The lowest BCUT2D eigenvalue weighted by Gasteiger charge is -2.17. The van der Waals surface area contributed by atoms with Crippen LogP contribution >= 0.6 is 0 Å². The summed E-state index contributed by atoms with van der Waals surface area (Å²) in [5.74, 6) is 0.272. The van der Waals surface area contributed by atoms with Gasteiger partial charge in [-0.25, -0.2) is 4.98 Å². The summed E-state index contributed by atoms with van der Waals surface area (Å²) in [7, 11) is 0. The molecule has 0 spiro atoms. The minimum absolute atomic E-state index is 0.130. The van der Waals surface area contributed by atoms with Gasteiger partial charge in [0.25, 0.3) is 0 Å².